The van der Waals surface area contributed by atoms with Gasteiger partial charge in [-0.3, -0.25) is 4.79 Å². The maximum Gasteiger partial charge on any atom is 0.224 e. The standard InChI is InChI=1S/C19H21ClN2O/c1-14-17(20)7-4-8-18(14)21-11-9-19(23)22-12-10-15-5-2-3-6-16(15)13-22/h2-8,21H,9-13H2,1H3. The van der Waals surface area contributed by atoms with Crippen molar-refractivity contribution in [3.63, 3.8) is 0 Å². The number of anilines is 1. The Balaban J connectivity index is 1.53. The van der Waals surface area contributed by atoms with Gasteiger partial charge in [0.15, 0.2) is 0 Å². The second-order valence-corrected chi connectivity index (χ2v) is 6.33. The maximum absolute atomic E-state index is 12.4. The van der Waals surface area contributed by atoms with E-state index in [0.29, 0.717) is 13.0 Å². The summed E-state index contributed by atoms with van der Waals surface area (Å²) in [7, 11) is 0. The molecular weight excluding hydrogens is 308 g/mol. The van der Waals surface area contributed by atoms with Crippen LogP contribution in [-0.2, 0) is 17.8 Å². The first kappa shape index (κ1) is 15.9. The Morgan fingerprint density at radius 2 is 1.96 bits per heavy atom. The van der Waals surface area contributed by atoms with Gasteiger partial charge in [0, 0.05) is 36.8 Å². The first-order valence-corrected chi connectivity index (χ1v) is 8.36. The predicted molar refractivity (Wildman–Crippen MR) is 94.9 cm³/mol. The van der Waals surface area contributed by atoms with Gasteiger partial charge >= 0.3 is 0 Å². The summed E-state index contributed by atoms with van der Waals surface area (Å²) >= 11 is 6.11. The summed E-state index contributed by atoms with van der Waals surface area (Å²) in [6.07, 6.45) is 1.44. The fraction of sp³-hybridized carbons (Fsp3) is 0.316. The number of carbonyl (C=O) groups is 1. The number of fused-ring (bicyclic) bond motifs is 1. The summed E-state index contributed by atoms with van der Waals surface area (Å²) in [6, 6.07) is 14.1. The van der Waals surface area contributed by atoms with Crippen LogP contribution >= 0.6 is 11.6 Å². The molecular formula is C19H21ClN2O. The summed E-state index contributed by atoms with van der Waals surface area (Å²) in [5.74, 6) is 0.201. The molecule has 2 aromatic carbocycles. The Bertz CT molecular complexity index is 714. The SMILES string of the molecule is Cc1c(Cl)cccc1NCCC(=O)N1CCc2ccccc2C1. The van der Waals surface area contributed by atoms with E-state index in [9.17, 15) is 4.79 Å². The van der Waals surface area contributed by atoms with Crippen LogP contribution in [0.1, 0.15) is 23.1 Å². The molecule has 0 bridgehead atoms. The van der Waals surface area contributed by atoms with Gasteiger partial charge in [-0.15, -0.1) is 0 Å². The first-order chi connectivity index (χ1) is 11.1. The molecule has 4 heteroatoms. The molecule has 1 N–H and O–H groups in total. The van der Waals surface area contributed by atoms with Crippen molar-refractivity contribution in [2.24, 2.45) is 0 Å². The van der Waals surface area contributed by atoms with E-state index in [2.05, 4.69) is 23.5 Å². The molecule has 0 saturated heterocycles. The van der Waals surface area contributed by atoms with Gasteiger partial charge in [0.2, 0.25) is 5.91 Å². The van der Waals surface area contributed by atoms with Crippen LogP contribution in [0.25, 0.3) is 0 Å². The van der Waals surface area contributed by atoms with Gasteiger partial charge in [0.1, 0.15) is 0 Å². The molecule has 0 spiro atoms. The van der Waals surface area contributed by atoms with Crippen LogP contribution in [0.15, 0.2) is 42.5 Å². The van der Waals surface area contributed by atoms with Gasteiger partial charge in [-0.25, -0.2) is 0 Å². The molecule has 0 unspecified atom stereocenters. The maximum atomic E-state index is 12.4. The molecule has 0 aliphatic carbocycles. The van der Waals surface area contributed by atoms with E-state index < -0.39 is 0 Å². The van der Waals surface area contributed by atoms with Gasteiger partial charge in [0.25, 0.3) is 0 Å². The molecule has 0 aromatic heterocycles. The fourth-order valence-electron chi connectivity index (χ4n) is 2.97. The third-order valence-electron chi connectivity index (χ3n) is 4.41. The molecule has 23 heavy (non-hydrogen) atoms. The van der Waals surface area contributed by atoms with Gasteiger partial charge < -0.3 is 10.2 Å². The first-order valence-electron chi connectivity index (χ1n) is 7.98. The number of hydrogen-bond donors (Lipinski definition) is 1. The molecule has 1 aliphatic rings. The largest absolute Gasteiger partial charge is 0.384 e. The minimum atomic E-state index is 0.201. The summed E-state index contributed by atoms with van der Waals surface area (Å²) in [5, 5.41) is 4.06. The van der Waals surface area contributed by atoms with Crippen molar-refractivity contribution in [1.82, 2.24) is 4.90 Å². The van der Waals surface area contributed by atoms with Crippen molar-refractivity contribution < 1.29 is 4.79 Å². The Morgan fingerprint density at radius 1 is 1.17 bits per heavy atom. The highest BCUT2D eigenvalue weighted by Gasteiger charge is 2.19. The van der Waals surface area contributed by atoms with Crippen LogP contribution in [0.4, 0.5) is 5.69 Å². The quantitative estimate of drug-likeness (QED) is 0.918. The number of benzene rings is 2. The molecule has 2 aromatic rings. The zero-order valence-electron chi connectivity index (χ0n) is 13.3. The molecule has 0 saturated carbocycles. The zero-order chi connectivity index (χ0) is 16.2. The summed E-state index contributed by atoms with van der Waals surface area (Å²) in [5.41, 5.74) is 4.65. The number of hydrogen-bond acceptors (Lipinski definition) is 2. The molecule has 1 aliphatic heterocycles. The number of nitrogens with zero attached hydrogens (tertiary/aromatic N) is 1. The average molecular weight is 329 g/mol. The number of amides is 1. The van der Waals surface area contributed by atoms with Gasteiger partial charge in [-0.2, -0.15) is 0 Å². The predicted octanol–water partition coefficient (Wildman–Crippen LogP) is 4.04. The van der Waals surface area contributed by atoms with Gasteiger partial charge in [-0.05, 0) is 42.2 Å². The van der Waals surface area contributed by atoms with Crippen molar-refractivity contribution in [3.8, 4) is 0 Å². The lowest BCUT2D eigenvalue weighted by atomic mass is 10.00. The molecule has 1 amide bonds. The molecule has 0 fully saturated rings. The number of carbonyl (C=O) groups excluding carboxylic acids is 1. The highest BCUT2D eigenvalue weighted by atomic mass is 35.5. The minimum absolute atomic E-state index is 0.201. The third kappa shape index (κ3) is 3.67. The molecule has 3 rings (SSSR count). The Kier molecular flexibility index (Phi) is 4.87. The topological polar surface area (TPSA) is 32.3 Å². The third-order valence-corrected chi connectivity index (χ3v) is 4.81. The Morgan fingerprint density at radius 3 is 2.78 bits per heavy atom. The van der Waals surface area contributed by atoms with E-state index >= 15 is 0 Å². The van der Waals surface area contributed by atoms with Crippen molar-refractivity contribution in [2.45, 2.75) is 26.3 Å². The molecule has 0 atom stereocenters. The number of nitrogens with one attached hydrogen (secondary N) is 1. The van der Waals surface area contributed by atoms with E-state index in [-0.39, 0.29) is 5.91 Å². The molecule has 0 radical (unpaired) electrons. The number of rotatable bonds is 4. The van der Waals surface area contributed by atoms with Crippen LogP contribution in [-0.4, -0.2) is 23.9 Å². The zero-order valence-corrected chi connectivity index (χ0v) is 14.1. The smallest absolute Gasteiger partial charge is 0.224 e. The summed E-state index contributed by atoms with van der Waals surface area (Å²) in [6.45, 7) is 4.14. The number of halogens is 1. The Labute approximate surface area is 142 Å². The van der Waals surface area contributed by atoms with E-state index in [4.69, 9.17) is 11.6 Å². The molecule has 3 nitrogen and oxygen atoms in total. The average Bonchev–Trinajstić information content (AvgIpc) is 2.58. The highest BCUT2D eigenvalue weighted by molar-refractivity contribution is 6.31. The second-order valence-electron chi connectivity index (χ2n) is 5.92. The normalized spacial score (nSPS) is 13.6. The minimum Gasteiger partial charge on any atom is -0.384 e. The monoisotopic (exact) mass is 328 g/mol. The van der Waals surface area contributed by atoms with E-state index in [1.165, 1.54) is 11.1 Å². The van der Waals surface area contributed by atoms with Crippen molar-refractivity contribution in [2.75, 3.05) is 18.4 Å². The Hall–Kier alpha value is -2.00. The van der Waals surface area contributed by atoms with E-state index in [1.807, 2.05) is 36.1 Å². The van der Waals surface area contributed by atoms with Crippen LogP contribution in [0, 0.1) is 6.92 Å². The summed E-state index contributed by atoms with van der Waals surface area (Å²) in [4.78, 5) is 14.4. The van der Waals surface area contributed by atoms with Crippen LogP contribution in [0.5, 0.6) is 0 Å². The lowest BCUT2D eigenvalue weighted by Gasteiger charge is -2.29. The molecule has 1 heterocycles. The van der Waals surface area contributed by atoms with Crippen LogP contribution in [0.2, 0.25) is 5.02 Å². The van der Waals surface area contributed by atoms with Crippen LogP contribution in [0.3, 0.4) is 0 Å². The fourth-order valence-corrected chi connectivity index (χ4v) is 3.14. The lowest BCUT2D eigenvalue weighted by molar-refractivity contribution is -0.131. The lowest BCUT2D eigenvalue weighted by Crippen LogP contribution is -2.36. The molecule has 120 valence electrons. The van der Waals surface area contributed by atoms with Crippen LogP contribution < -0.4 is 5.32 Å². The highest BCUT2D eigenvalue weighted by Crippen LogP contribution is 2.23. The van der Waals surface area contributed by atoms with E-state index in [1.54, 1.807) is 0 Å². The van der Waals surface area contributed by atoms with Gasteiger partial charge in [0.05, 0.1) is 0 Å². The summed E-state index contributed by atoms with van der Waals surface area (Å²) < 4.78 is 0. The van der Waals surface area contributed by atoms with E-state index in [0.717, 1.165) is 35.8 Å². The van der Waals surface area contributed by atoms with Gasteiger partial charge in [-0.1, -0.05) is 41.9 Å². The van der Waals surface area contributed by atoms with Crippen molar-refractivity contribution in [3.05, 3.63) is 64.2 Å². The van der Waals surface area contributed by atoms with Crippen molar-refractivity contribution in [1.29, 1.82) is 0 Å². The van der Waals surface area contributed by atoms with Crippen molar-refractivity contribution >= 4 is 23.2 Å². The second kappa shape index (κ2) is 7.05.